The average Bonchev–Trinajstić information content (AvgIpc) is 2.33. The molecule has 2 rings (SSSR count). The fourth-order valence-electron chi connectivity index (χ4n) is 1.58. The molecule has 2 aromatic rings. The van der Waals surface area contributed by atoms with Gasteiger partial charge in [0.2, 0.25) is 0 Å². The van der Waals surface area contributed by atoms with E-state index in [-0.39, 0.29) is 5.78 Å². The summed E-state index contributed by atoms with van der Waals surface area (Å²) >= 11 is 0. The molecule has 0 radical (unpaired) electrons. The van der Waals surface area contributed by atoms with Gasteiger partial charge in [-0.05, 0) is 24.1 Å². The van der Waals surface area contributed by atoms with Gasteiger partial charge in [0.1, 0.15) is 0 Å². The normalized spacial score (nSPS) is 10.1. The summed E-state index contributed by atoms with van der Waals surface area (Å²) in [5, 5.41) is 0. The molecule has 0 bridgehead atoms. The molecule has 0 saturated heterocycles. The van der Waals surface area contributed by atoms with Crippen molar-refractivity contribution >= 4 is 5.78 Å². The lowest BCUT2D eigenvalue weighted by Gasteiger charge is -2.03. The van der Waals surface area contributed by atoms with E-state index in [0.717, 1.165) is 16.7 Å². The van der Waals surface area contributed by atoms with E-state index in [4.69, 9.17) is 0 Å². The van der Waals surface area contributed by atoms with E-state index in [1.807, 2.05) is 43.3 Å². The third kappa shape index (κ3) is 2.34. The minimum Gasteiger partial charge on any atom is -0.294 e. The van der Waals surface area contributed by atoms with Crippen LogP contribution in [0.15, 0.2) is 48.8 Å². The van der Waals surface area contributed by atoms with Crippen LogP contribution in [0.3, 0.4) is 0 Å². The number of carbonyl (C=O) groups excluding carboxylic acids is 1. The molecule has 0 saturated carbocycles. The second kappa shape index (κ2) is 4.71. The Bertz CT molecular complexity index is 491. The van der Waals surface area contributed by atoms with Crippen molar-refractivity contribution in [2.24, 2.45) is 0 Å². The summed E-state index contributed by atoms with van der Waals surface area (Å²) in [4.78, 5) is 16.0. The van der Waals surface area contributed by atoms with E-state index < -0.39 is 0 Å². The molecule has 80 valence electrons. The maximum Gasteiger partial charge on any atom is 0.167 e. The monoisotopic (exact) mass is 211 g/mol. The van der Waals surface area contributed by atoms with Crippen molar-refractivity contribution in [1.82, 2.24) is 4.98 Å². The molecule has 1 heterocycles. The highest BCUT2D eigenvalue weighted by molar-refractivity contribution is 5.97. The van der Waals surface area contributed by atoms with Crippen molar-refractivity contribution in [2.45, 2.75) is 13.3 Å². The van der Waals surface area contributed by atoms with Gasteiger partial charge in [-0.1, -0.05) is 30.3 Å². The Balaban J connectivity index is 2.18. The lowest BCUT2D eigenvalue weighted by Crippen LogP contribution is -2.04. The first-order chi connectivity index (χ1) is 7.77. The Morgan fingerprint density at radius 2 is 1.94 bits per heavy atom. The van der Waals surface area contributed by atoms with Gasteiger partial charge in [-0.2, -0.15) is 0 Å². The van der Waals surface area contributed by atoms with Crippen LogP contribution in [-0.4, -0.2) is 10.8 Å². The van der Waals surface area contributed by atoms with E-state index >= 15 is 0 Å². The third-order valence-electron chi connectivity index (χ3n) is 2.59. The van der Waals surface area contributed by atoms with Gasteiger partial charge in [-0.3, -0.25) is 9.78 Å². The summed E-state index contributed by atoms with van der Waals surface area (Å²) in [6.07, 6.45) is 3.92. The Morgan fingerprint density at radius 1 is 1.19 bits per heavy atom. The third-order valence-corrected chi connectivity index (χ3v) is 2.59. The fourth-order valence-corrected chi connectivity index (χ4v) is 1.58. The van der Waals surface area contributed by atoms with E-state index in [2.05, 4.69) is 4.98 Å². The summed E-state index contributed by atoms with van der Waals surface area (Å²) in [7, 11) is 0. The number of aromatic nitrogens is 1. The summed E-state index contributed by atoms with van der Waals surface area (Å²) in [5.74, 6) is 0.136. The molecule has 1 aromatic carbocycles. The molecule has 0 fully saturated rings. The highest BCUT2D eigenvalue weighted by atomic mass is 16.1. The Hall–Kier alpha value is -1.96. The van der Waals surface area contributed by atoms with Crippen LogP contribution in [0.4, 0.5) is 0 Å². The number of ketones is 1. The maximum atomic E-state index is 11.9. The van der Waals surface area contributed by atoms with Crippen LogP contribution in [-0.2, 0) is 6.42 Å². The molecule has 0 aliphatic heterocycles. The molecule has 16 heavy (non-hydrogen) atoms. The smallest absolute Gasteiger partial charge is 0.167 e. The predicted octanol–water partition coefficient (Wildman–Crippen LogP) is 2.82. The zero-order valence-electron chi connectivity index (χ0n) is 9.18. The molecule has 2 nitrogen and oxygen atoms in total. The first kappa shape index (κ1) is 10.6. The van der Waals surface area contributed by atoms with Gasteiger partial charge in [-0.25, -0.2) is 0 Å². The lowest BCUT2D eigenvalue weighted by molar-refractivity contribution is 0.0992. The number of aryl methyl sites for hydroxylation is 1. The van der Waals surface area contributed by atoms with Crippen LogP contribution in [0.5, 0.6) is 0 Å². The van der Waals surface area contributed by atoms with Gasteiger partial charge in [0.05, 0.1) is 0 Å². The van der Waals surface area contributed by atoms with Gasteiger partial charge in [0.25, 0.3) is 0 Å². The Morgan fingerprint density at radius 3 is 2.62 bits per heavy atom. The molecule has 1 aromatic heterocycles. The van der Waals surface area contributed by atoms with E-state index in [0.29, 0.717) is 6.42 Å². The minimum absolute atomic E-state index is 0.136. The molecule has 0 unspecified atom stereocenters. The van der Waals surface area contributed by atoms with Crippen LogP contribution in [0.25, 0.3) is 0 Å². The van der Waals surface area contributed by atoms with Crippen molar-refractivity contribution in [3.63, 3.8) is 0 Å². The SMILES string of the molecule is Cc1ccncc1CC(=O)c1ccccc1. The number of nitrogens with zero attached hydrogens (tertiary/aromatic N) is 1. The molecule has 0 amide bonds. The molecule has 0 atom stereocenters. The topological polar surface area (TPSA) is 30.0 Å². The molecular formula is C14H13NO. The first-order valence-corrected chi connectivity index (χ1v) is 5.25. The summed E-state index contributed by atoms with van der Waals surface area (Å²) < 4.78 is 0. The lowest BCUT2D eigenvalue weighted by atomic mass is 10.0. The number of hydrogen-bond acceptors (Lipinski definition) is 2. The average molecular weight is 211 g/mol. The van der Waals surface area contributed by atoms with Gasteiger partial charge < -0.3 is 0 Å². The summed E-state index contributed by atoms with van der Waals surface area (Å²) in [6, 6.07) is 11.3. The molecule has 0 N–H and O–H groups in total. The molecule has 0 spiro atoms. The van der Waals surface area contributed by atoms with Crippen LogP contribution in [0.1, 0.15) is 21.5 Å². The van der Waals surface area contributed by atoms with Crippen molar-refractivity contribution in [3.8, 4) is 0 Å². The number of benzene rings is 1. The van der Waals surface area contributed by atoms with Crippen molar-refractivity contribution in [3.05, 3.63) is 65.5 Å². The predicted molar refractivity (Wildman–Crippen MR) is 63.5 cm³/mol. The van der Waals surface area contributed by atoms with Crippen molar-refractivity contribution in [1.29, 1.82) is 0 Å². The minimum atomic E-state index is 0.136. The number of hydrogen-bond donors (Lipinski definition) is 0. The van der Waals surface area contributed by atoms with Gasteiger partial charge in [0, 0.05) is 24.4 Å². The van der Waals surface area contributed by atoms with Gasteiger partial charge in [-0.15, -0.1) is 0 Å². The largest absolute Gasteiger partial charge is 0.294 e. The number of rotatable bonds is 3. The second-order valence-electron chi connectivity index (χ2n) is 3.77. The highest BCUT2D eigenvalue weighted by Gasteiger charge is 2.07. The zero-order chi connectivity index (χ0) is 11.4. The molecule has 0 aliphatic carbocycles. The molecular weight excluding hydrogens is 198 g/mol. The zero-order valence-corrected chi connectivity index (χ0v) is 9.18. The standard InChI is InChI=1S/C14H13NO/c1-11-7-8-15-10-13(11)9-14(16)12-5-3-2-4-6-12/h2-8,10H,9H2,1H3. The quantitative estimate of drug-likeness (QED) is 0.731. The van der Waals surface area contributed by atoms with Crippen molar-refractivity contribution < 1.29 is 4.79 Å². The number of carbonyl (C=O) groups is 1. The molecule has 0 aliphatic rings. The van der Waals surface area contributed by atoms with Gasteiger partial charge in [0.15, 0.2) is 5.78 Å². The van der Waals surface area contributed by atoms with Crippen LogP contribution >= 0.6 is 0 Å². The van der Waals surface area contributed by atoms with E-state index in [1.54, 1.807) is 12.4 Å². The first-order valence-electron chi connectivity index (χ1n) is 5.25. The number of Topliss-reactive ketones (excluding diaryl/α,β-unsaturated/α-hetero) is 1. The van der Waals surface area contributed by atoms with E-state index in [1.165, 1.54) is 0 Å². The van der Waals surface area contributed by atoms with Crippen molar-refractivity contribution in [2.75, 3.05) is 0 Å². The maximum absolute atomic E-state index is 11.9. The molecule has 2 heteroatoms. The van der Waals surface area contributed by atoms with Gasteiger partial charge >= 0.3 is 0 Å². The number of pyridine rings is 1. The van der Waals surface area contributed by atoms with Crippen LogP contribution in [0.2, 0.25) is 0 Å². The Kier molecular flexibility index (Phi) is 3.10. The van der Waals surface area contributed by atoms with E-state index in [9.17, 15) is 4.79 Å². The van der Waals surface area contributed by atoms with Crippen LogP contribution in [0, 0.1) is 6.92 Å². The second-order valence-corrected chi connectivity index (χ2v) is 3.77. The van der Waals surface area contributed by atoms with Crippen LogP contribution < -0.4 is 0 Å². The summed E-state index contributed by atoms with van der Waals surface area (Å²) in [5.41, 5.74) is 2.86. The fraction of sp³-hybridized carbons (Fsp3) is 0.143. The highest BCUT2D eigenvalue weighted by Crippen LogP contribution is 2.10. The summed E-state index contributed by atoms with van der Waals surface area (Å²) in [6.45, 7) is 2.00. The Labute approximate surface area is 95.0 Å².